The lowest BCUT2D eigenvalue weighted by Crippen LogP contribution is -2.73. The van der Waals surface area contributed by atoms with Crippen molar-refractivity contribution in [1.29, 1.82) is 0 Å². The van der Waals surface area contributed by atoms with Crippen LogP contribution in [-0.2, 0) is 11.3 Å². The van der Waals surface area contributed by atoms with E-state index >= 15 is 0 Å². The van der Waals surface area contributed by atoms with E-state index in [1.54, 1.807) is 37.6 Å². The Morgan fingerprint density at radius 2 is 1.67 bits per heavy atom. The van der Waals surface area contributed by atoms with Crippen LogP contribution in [0.5, 0.6) is 17.2 Å². The van der Waals surface area contributed by atoms with Crippen molar-refractivity contribution in [3.05, 3.63) is 57.8 Å². The minimum absolute atomic E-state index is 0.110. The highest BCUT2D eigenvalue weighted by atomic mass is 35.5. The summed E-state index contributed by atoms with van der Waals surface area (Å²) in [6.07, 6.45) is 2.91. The molecule has 1 amide bonds. The topological polar surface area (TPSA) is 98.3 Å². The van der Waals surface area contributed by atoms with E-state index in [4.69, 9.17) is 42.1 Å². The van der Waals surface area contributed by atoms with Gasteiger partial charge in [0.25, 0.3) is 0 Å². The molecule has 1 N–H and O–H groups in total. The second kappa shape index (κ2) is 11.6. The Bertz CT molecular complexity index is 1460. The smallest absolute Gasteiger partial charge is 0.410 e. The summed E-state index contributed by atoms with van der Waals surface area (Å²) >= 11 is 12.9. The third kappa shape index (κ3) is 6.24. The van der Waals surface area contributed by atoms with Crippen LogP contribution >= 0.6 is 23.2 Å². The van der Waals surface area contributed by atoms with E-state index in [2.05, 4.69) is 20.2 Å². The Balaban J connectivity index is 1.16. The number of nitrogens with one attached hydrogen (secondary N) is 1. The highest BCUT2D eigenvalue weighted by Gasteiger charge is 2.54. The zero-order valence-corrected chi connectivity index (χ0v) is 26.1. The zero-order valence-electron chi connectivity index (χ0n) is 24.6. The summed E-state index contributed by atoms with van der Waals surface area (Å²) in [5, 5.41) is 4.14. The number of amides is 1. The largest absolute Gasteiger partial charge is 0.495 e. The van der Waals surface area contributed by atoms with Gasteiger partial charge in [-0.25, -0.2) is 14.8 Å². The van der Waals surface area contributed by atoms with Gasteiger partial charge in [-0.05, 0) is 51.5 Å². The van der Waals surface area contributed by atoms with Gasteiger partial charge in [-0.3, -0.25) is 0 Å². The average Bonchev–Trinajstić information content (AvgIpc) is 2.89. The molecule has 5 rings (SSSR count). The van der Waals surface area contributed by atoms with Gasteiger partial charge in [0.15, 0.2) is 5.75 Å². The fourth-order valence-electron chi connectivity index (χ4n) is 5.19. The molecule has 1 aromatic heterocycles. The van der Waals surface area contributed by atoms with Crippen molar-refractivity contribution >= 4 is 46.6 Å². The van der Waals surface area contributed by atoms with Gasteiger partial charge in [0.1, 0.15) is 23.7 Å². The number of hydrogen-bond acceptors (Lipinski definition) is 9. The summed E-state index contributed by atoms with van der Waals surface area (Å²) in [6.45, 7) is 10.8. The number of likely N-dealkylation sites (tertiary alicyclic amines) is 1. The van der Waals surface area contributed by atoms with Gasteiger partial charge >= 0.3 is 6.09 Å². The molecule has 10 nitrogen and oxygen atoms in total. The Morgan fingerprint density at radius 1 is 1.00 bits per heavy atom. The molecule has 0 radical (unpaired) electrons. The van der Waals surface area contributed by atoms with E-state index in [1.807, 2.05) is 45.9 Å². The lowest BCUT2D eigenvalue weighted by molar-refractivity contribution is -0.0453. The molecule has 2 fully saturated rings. The van der Waals surface area contributed by atoms with Crippen LogP contribution < -0.4 is 24.4 Å². The molecular formula is C30H35Cl2N5O5. The highest BCUT2D eigenvalue weighted by molar-refractivity contribution is 6.37. The molecule has 42 heavy (non-hydrogen) atoms. The molecule has 12 heteroatoms. The Hall–Kier alpha value is -3.63. The Morgan fingerprint density at radius 3 is 2.29 bits per heavy atom. The van der Waals surface area contributed by atoms with Crippen molar-refractivity contribution in [2.75, 3.05) is 50.6 Å². The molecule has 1 spiro atoms. The van der Waals surface area contributed by atoms with Crippen LogP contribution in [0.15, 0.2) is 36.7 Å². The number of benzene rings is 2. The minimum Gasteiger partial charge on any atom is -0.495 e. The number of methoxy groups -OCH3 is 2. The molecule has 2 aromatic carbocycles. The number of hydrogen-bond donors (Lipinski definition) is 1. The molecular weight excluding hydrogens is 581 g/mol. The van der Waals surface area contributed by atoms with Gasteiger partial charge in [0, 0.05) is 48.9 Å². The molecule has 0 saturated carbocycles. The average molecular weight is 617 g/mol. The first-order valence-corrected chi connectivity index (χ1v) is 14.3. The summed E-state index contributed by atoms with van der Waals surface area (Å²) in [5.41, 5.74) is 2.88. The van der Waals surface area contributed by atoms with E-state index in [9.17, 15) is 4.79 Å². The normalized spacial score (nSPS) is 15.5. The molecule has 224 valence electrons. The maximum Gasteiger partial charge on any atom is 0.410 e. The van der Waals surface area contributed by atoms with Crippen LogP contribution in [0, 0.1) is 12.3 Å². The van der Waals surface area contributed by atoms with Crippen LogP contribution in [0.25, 0.3) is 0 Å². The van der Waals surface area contributed by atoms with Crippen LogP contribution in [0.2, 0.25) is 10.0 Å². The van der Waals surface area contributed by atoms with Crippen molar-refractivity contribution in [3.63, 3.8) is 0 Å². The molecule has 2 saturated heterocycles. The summed E-state index contributed by atoms with van der Waals surface area (Å²) in [4.78, 5) is 25.1. The number of anilines is 3. The number of carbonyl (C=O) groups is 1. The Labute approximate surface area is 255 Å². The first-order chi connectivity index (χ1) is 19.9. The van der Waals surface area contributed by atoms with Gasteiger partial charge in [0.05, 0.1) is 42.3 Å². The molecule has 3 heterocycles. The maximum absolute atomic E-state index is 12.3. The molecule has 3 aromatic rings. The van der Waals surface area contributed by atoms with Gasteiger partial charge < -0.3 is 34.1 Å². The fraction of sp³-hybridized carbons (Fsp3) is 0.433. The van der Waals surface area contributed by atoms with Crippen molar-refractivity contribution < 1.29 is 23.7 Å². The predicted octanol–water partition coefficient (Wildman–Crippen LogP) is 6.49. The molecule has 0 bridgehead atoms. The van der Waals surface area contributed by atoms with E-state index in [-0.39, 0.29) is 18.1 Å². The number of aromatic nitrogens is 2. The quantitative estimate of drug-likeness (QED) is 0.305. The second-order valence-electron chi connectivity index (χ2n) is 11.7. The van der Waals surface area contributed by atoms with Gasteiger partial charge in [-0.15, -0.1) is 0 Å². The lowest BCUT2D eigenvalue weighted by atomic mass is 9.73. The van der Waals surface area contributed by atoms with E-state index in [0.717, 1.165) is 35.8 Å². The fourth-order valence-corrected chi connectivity index (χ4v) is 5.72. The number of rotatable bonds is 8. The van der Waals surface area contributed by atoms with Crippen molar-refractivity contribution in [1.82, 2.24) is 14.9 Å². The van der Waals surface area contributed by atoms with Crippen LogP contribution in [0.1, 0.15) is 31.9 Å². The highest BCUT2D eigenvalue weighted by Crippen LogP contribution is 2.45. The predicted molar refractivity (Wildman–Crippen MR) is 163 cm³/mol. The third-order valence-corrected chi connectivity index (χ3v) is 8.15. The Kier molecular flexibility index (Phi) is 8.22. The van der Waals surface area contributed by atoms with E-state index < -0.39 is 5.60 Å². The lowest BCUT2D eigenvalue weighted by Gasteiger charge is -2.60. The maximum atomic E-state index is 12.3. The summed E-state index contributed by atoms with van der Waals surface area (Å²) in [7, 11) is 3.20. The summed E-state index contributed by atoms with van der Waals surface area (Å²) in [6, 6.07) is 7.67. The van der Waals surface area contributed by atoms with Crippen LogP contribution in [0.3, 0.4) is 0 Å². The summed E-state index contributed by atoms with van der Waals surface area (Å²) in [5.74, 6) is 2.15. The SMILES string of the molecule is COc1cc(Nc2ncc(OCc3c(Cl)c(C)cc(OC)c3Cl)cn2)ccc1N1CC2(CN(C(=O)OC(C)(C)C)C2)C1. The molecule has 2 aliphatic heterocycles. The van der Waals surface area contributed by atoms with Crippen molar-refractivity contribution in [2.24, 2.45) is 5.41 Å². The van der Waals surface area contributed by atoms with Gasteiger partial charge in [0.2, 0.25) is 5.95 Å². The van der Waals surface area contributed by atoms with E-state index in [1.165, 1.54) is 0 Å². The summed E-state index contributed by atoms with van der Waals surface area (Å²) < 4.78 is 22.4. The van der Waals surface area contributed by atoms with Crippen LogP contribution in [-0.4, -0.2) is 67.0 Å². The monoisotopic (exact) mass is 615 g/mol. The number of ether oxygens (including phenoxy) is 4. The number of halogens is 2. The van der Waals surface area contributed by atoms with Crippen molar-refractivity contribution in [3.8, 4) is 17.2 Å². The van der Waals surface area contributed by atoms with Gasteiger partial charge in [-0.2, -0.15) is 0 Å². The molecule has 0 aliphatic carbocycles. The molecule has 2 aliphatic rings. The third-order valence-electron chi connectivity index (χ3n) is 7.20. The van der Waals surface area contributed by atoms with Gasteiger partial charge in [-0.1, -0.05) is 23.2 Å². The van der Waals surface area contributed by atoms with Crippen molar-refractivity contribution in [2.45, 2.75) is 39.9 Å². The molecule has 0 unspecified atom stereocenters. The van der Waals surface area contributed by atoms with E-state index in [0.29, 0.717) is 46.1 Å². The van der Waals surface area contributed by atoms with Crippen LogP contribution in [0.4, 0.5) is 22.1 Å². The zero-order chi connectivity index (χ0) is 30.2. The first-order valence-electron chi connectivity index (χ1n) is 13.5. The molecule has 0 atom stereocenters. The first kappa shape index (κ1) is 29.8. The standard InChI is InChI=1S/C30H35Cl2N5O5/c1-18-9-24(40-6)26(32)21(25(18)31)13-41-20-11-33-27(34-12-20)35-19-7-8-22(23(10-19)39-5)36-14-30(15-36)16-37(17-30)28(38)42-29(2,3)4/h7-12H,13-17H2,1-6H3,(H,33,34,35). The minimum atomic E-state index is -0.490. The second-order valence-corrected chi connectivity index (χ2v) is 12.5. The number of nitrogens with zero attached hydrogens (tertiary/aromatic N) is 4. The number of aryl methyl sites for hydroxylation is 1. The number of carbonyl (C=O) groups excluding carboxylic acids is 1.